The summed E-state index contributed by atoms with van der Waals surface area (Å²) in [5, 5.41) is 11.5. The number of hydrogen-bond acceptors (Lipinski definition) is 3. The highest BCUT2D eigenvalue weighted by Gasteiger charge is 2.29. The van der Waals surface area contributed by atoms with Crippen LogP contribution in [0.25, 0.3) is 0 Å². The van der Waals surface area contributed by atoms with Crippen LogP contribution in [0.4, 0.5) is 8.78 Å². The average Bonchev–Trinajstić information content (AvgIpc) is 2.41. The summed E-state index contributed by atoms with van der Waals surface area (Å²) in [6.45, 7) is 1.67. The predicted molar refractivity (Wildman–Crippen MR) is 80.0 cm³/mol. The van der Waals surface area contributed by atoms with E-state index < -0.39 is 23.1 Å². The second kappa shape index (κ2) is 8.57. The fourth-order valence-electron chi connectivity index (χ4n) is 2.33. The molecule has 5 nitrogen and oxygen atoms in total. The van der Waals surface area contributed by atoms with Crippen LogP contribution in [0.2, 0.25) is 0 Å². The van der Waals surface area contributed by atoms with Gasteiger partial charge in [0.25, 0.3) is 0 Å². The van der Waals surface area contributed by atoms with Crippen molar-refractivity contribution < 1.29 is 28.2 Å². The molecule has 0 aliphatic rings. The molecule has 128 valence electrons. The van der Waals surface area contributed by atoms with Crippen LogP contribution in [0.3, 0.4) is 0 Å². The molecular formula is C16H21F2NO4. The van der Waals surface area contributed by atoms with E-state index in [0.717, 1.165) is 12.1 Å². The number of carboxylic acids is 1. The van der Waals surface area contributed by atoms with Gasteiger partial charge in [-0.25, -0.2) is 8.78 Å². The van der Waals surface area contributed by atoms with Gasteiger partial charge in [0.1, 0.15) is 0 Å². The first kappa shape index (κ1) is 19.0. The largest absolute Gasteiger partial charge is 0.481 e. The number of aliphatic carboxylic acids is 1. The lowest BCUT2D eigenvalue weighted by Gasteiger charge is -2.28. The molecule has 1 atom stereocenters. The Labute approximate surface area is 133 Å². The molecule has 0 saturated heterocycles. The van der Waals surface area contributed by atoms with Crippen molar-refractivity contribution >= 4 is 11.9 Å². The Morgan fingerprint density at radius 3 is 2.57 bits per heavy atom. The SMILES string of the molecule is COCC(C)(CC(=O)O)NC(=O)CCCc1ccc(F)c(F)c1. The monoisotopic (exact) mass is 329 g/mol. The maximum Gasteiger partial charge on any atom is 0.305 e. The van der Waals surface area contributed by atoms with Gasteiger partial charge in [-0.05, 0) is 37.5 Å². The standard InChI is InChI=1S/C16H21F2NO4/c1-16(10-23-2,9-15(21)22)19-14(20)5-3-4-11-6-7-12(17)13(18)8-11/h6-8H,3-5,9-10H2,1-2H3,(H,19,20)(H,21,22). The molecular weight excluding hydrogens is 308 g/mol. The van der Waals surface area contributed by atoms with Crippen LogP contribution in [0.5, 0.6) is 0 Å². The van der Waals surface area contributed by atoms with Gasteiger partial charge in [-0.15, -0.1) is 0 Å². The number of carbonyl (C=O) groups is 2. The Kier molecular flexibility index (Phi) is 7.09. The number of aryl methyl sites for hydroxylation is 1. The van der Waals surface area contributed by atoms with Crippen LogP contribution in [0.1, 0.15) is 31.7 Å². The Morgan fingerprint density at radius 1 is 1.30 bits per heavy atom. The normalized spacial score (nSPS) is 13.4. The van der Waals surface area contributed by atoms with Crippen LogP contribution < -0.4 is 5.32 Å². The van der Waals surface area contributed by atoms with Gasteiger partial charge in [0.15, 0.2) is 11.6 Å². The molecule has 2 N–H and O–H groups in total. The van der Waals surface area contributed by atoms with E-state index in [1.54, 1.807) is 6.92 Å². The van der Waals surface area contributed by atoms with Gasteiger partial charge in [-0.3, -0.25) is 9.59 Å². The van der Waals surface area contributed by atoms with Crippen LogP contribution in [-0.2, 0) is 20.7 Å². The second-order valence-corrected chi connectivity index (χ2v) is 5.71. The van der Waals surface area contributed by atoms with Crippen molar-refractivity contribution in [1.82, 2.24) is 5.32 Å². The highest BCUT2D eigenvalue weighted by molar-refractivity contribution is 5.78. The molecule has 0 aliphatic carbocycles. The number of methoxy groups -OCH3 is 1. The van der Waals surface area contributed by atoms with E-state index >= 15 is 0 Å². The topological polar surface area (TPSA) is 75.6 Å². The molecule has 23 heavy (non-hydrogen) atoms. The van der Waals surface area contributed by atoms with Crippen LogP contribution in [0, 0.1) is 11.6 Å². The van der Waals surface area contributed by atoms with Gasteiger partial charge in [0, 0.05) is 13.5 Å². The third-order valence-electron chi connectivity index (χ3n) is 3.30. The lowest BCUT2D eigenvalue weighted by molar-refractivity contribution is -0.139. The van der Waals surface area contributed by atoms with E-state index in [0.29, 0.717) is 18.4 Å². The van der Waals surface area contributed by atoms with E-state index in [2.05, 4.69) is 5.32 Å². The third-order valence-corrected chi connectivity index (χ3v) is 3.30. The van der Waals surface area contributed by atoms with Gasteiger partial charge < -0.3 is 15.2 Å². The number of amides is 1. The van der Waals surface area contributed by atoms with Gasteiger partial charge in [0.2, 0.25) is 5.91 Å². The van der Waals surface area contributed by atoms with Crippen molar-refractivity contribution in [2.45, 2.75) is 38.1 Å². The molecule has 1 amide bonds. The van der Waals surface area contributed by atoms with Gasteiger partial charge in [0.05, 0.1) is 18.6 Å². The highest BCUT2D eigenvalue weighted by Crippen LogP contribution is 2.13. The minimum atomic E-state index is -1.04. The van der Waals surface area contributed by atoms with Crippen molar-refractivity contribution in [3.63, 3.8) is 0 Å². The van der Waals surface area contributed by atoms with Crippen molar-refractivity contribution in [3.05, 3.63) is 35.4 Å². The summed E-state index contributed by atoms with van der Waals surface area (Å²) in [6.07, 6.45) is 0.755. The summed E-state index contributed by atoms with van der Waals surface area (Å²) in [6, 6.07) is 3.62. The first-order chi connectivity index (χ1) is 10.8. The molecule has 0 bridgehead atoms. The number of ether oxygens (including phenoxy) is 1. The van der Waals surface area contributed by atoms with Crippen LogP contribution >= 0.6 is 0 Å². The van der Waals surface area contributed by atoms with Gasteiger partial charge >= 0.3 is 5.97 Å². The third kappa shape index (κ3) is 6.73. The Hall–Kier alpha value is -2.02. The minimum absolute atomic E-state index is 0.0776. The predicted octanol–water partition coefficient (Wildman–Crippen LogP) is 2.28. The number of carboxylic acid groups (broad SMARTS) is 1. The first-order valence-electron chi connectivity index (χ1n) is 7.21. The van der Waals surface area contributed by atoms with Crippen molar-refractivity contribution in [3.8, 4) is 0 Å². The Morgan fingerprint density at radius 2 is 2.00 bits per heavy atom. The molecule has 0 fully saturated rings. The maximum absolute atomic E-state index is 13.1. The molecule has 1 unspecified atom stereocenters. The summed E-state index contributed by atoms with van der Waals surface area (Å²) in [5.41, 5.74) is -0.387. The summed E-state index contributed by atoms with van der Waals surface area (Å²) in [4.78, 5) is 22.8. The summed E-state index contributed by atoms with van der Waals surface area (Å²) in [5.74, 6) is -3.17. The molecule has 1 rings (SSSR count). The molecule has 0 aliphatic heterocycles. The van der Waals surface area contributed by atoms with E-state index in [9.17, 15) is 18.4 Å². The number of halogens is 2. The highest BCUT2D eigenvalue weighted by atomic mass is 19.2. The number of nitrogens with one attached hydrogen (secondary N) is 1. The summed E-state index contributed by atoms with van der Waals surface area (Å²) >= 11 is 0. The summed E-state index contributed by atoms with van der Waals surface area (Å²) in [7, 11) is 1.43. The smallest absolute Gasteiger partial charge is 0.305 e. The lowest BCUT2D eigenvalue weighted by atomic mass is 9.98. The molecule has 7 heteroatoms. The van der Waals surface area contributed by atoms with Crippen LogP contribution in [0.15, 0.2) is 18.2 Å². The Balaban J connectivity index is 2.48. The van der Waals surface area contributed by atoms with Crippen molar-refractivity contribution in [2.75, 3.05) is 13.7 Å². The zero-order valence-corrected chi connectivity index (χ0v) is 13.2. The second-order valence-electron chi connectivity index (χ2n) is 5.71. The maximum atomic E-state index is 13.1. The van der Waals surface area contributed by atoms with E-state index in [-0.39, 0.29) is 25.4 Å². The number of rotatable bonds is 9. The molecule has 0 spiro atoms. The molecule has 0 aromatic heterocycles. The zero-order chi connectivity index (χ0) is 17.5. The van der Waals surface area contributed by atoms with Gasteiger partial charge in [-0.2, -0.15) is 0 Å². The molecule has 0 heterocycles. The number of benzene rings is 1. The fourth-order valence-corrected chi connectivity index (χ4v) is 2.33. The molecule has 1 aromatic carbocycles. The van der Waals surface area contributed by atoms with E-state index in [4.69, 9.17) is 9.84 Å². The molecule has 0 saturated carbocycles. The minimum Gasteiger partial charge on any atom is -0.481 e. The quantitative estimate of drug-likeness (QED) is 0.729. The van der Waals surface area contributed by atoms with Crippen molar-refractivity contribution in [1.29, 1.82) is 0 Å². The van der Waals surface area contributed by atoms with Gasteiger partial charge in [-0.1, -0.05) is 6.07 Å². The fraction of sp³-hybridized carbons (Fsp3) is 0.500. The van der Waals surface area contributed by atoms with E-state index in [1.165, 1.54) is 13.2 Å². The Bertz CT molecular complexity index is 565. The van der Waals surface area contributed by atoms with Crippen LogP contribution in [-0.4, -0.2) is 36.2 Å². The lowest BCUT2D eigenvalue weighted by Crippen LogP contribution is -2.50. The molecule has 0 radical (unpaired) electrons. The molecule has 1 aromatic rings. The summed E-state index contributed by atoms with van der Waals surface area (Å²) < 4.78 is 30.8. The first-order valence-corrected chi connectivity index (χ1v) is 7.21. The number of hydrogen-bond donors (Lipinski definition) is 2. The zero-order valence-electron chi connectivity index (χ0n) is 13.2. The van der Waals surface area contributed by atoms with E-state index in [1.807, 2.05) is 0 Å². The van der Waals surface area contributed by atoms with Crippen molar-refractivity contribution in [2.24, 2.45) is 0 Å². The number of carbonyl (C=O) groups excluding carboxylic acids is 1. The average molecular weight is 329 g/mol.